The zero-order chi connectivity index (χ0) is 21.5. The number of nitrogens with zero attached hydrogens (tertiary/aromatic N) is 3. The van der Waals surface area contributed by atoms with Crippen LogP contribution >= 0.6 is 0 Å². The summed E-state index contributed by atoms with van der Waals surface area (Å²) in [5.41, 5.74) is 1.78. The second-order valence-corrected chi connectivity index (χ2v) is 6.64. The van der Waals surface area contributed by atoms with E-state index in [0.717, 1.165) is 5.69 Å². The summed E-state index contributed by atoms with van der Waals surface area (Å²) in [5, 5.41) is 12.3. The highest BCUT2D eigenvalue weighted by Crippen LogP contribution is 2.18. The van der Waals surface area contributed by atoms with Gasteiger partial charge in [-0.05, 0) is 42.5 Å². The second kappa shape index (κ2) is 9.56. The van der Waals surface area contributed by atoms with Gasteiger partial charge in [-0.15, -0.1) is 0 Å². The summed E-state index contributed by atoms with van der Waals surface area (Å²) < 4.78 is 17.8. The van der Waals surface area contributed by atoms with E-state index >= 15 is 0 Å². The van der Waals surface area contributed by atoms with Gasteiger partial charge in [0.1, 0.15) is 17.5 Å². The maximum Gasteiger partial charge on any atom is 0.337 e. The Labute approximate surface area is 174 Å². The van der Waals surface area contributed by atoms with Crippen molar-refractivity contribution in [2.24, 2.45) is 0 Å². The molecule has 2 aromatic rings. The van der Waals surface area contributed by atoms with Gasteiger partial charge in [-0.1, -0.05) is 6.07 Å². The van der Waals surface area contributed by atoms with Gasteiger partial charge in [0.2, 0.25) is 0 Å². The van der Waals surface area contributed by atoms with Crippen LogP contribution in [0.3, 0.4) is 0 Å². The molecule has 0 aliphatic carbocycles. The van der Waals surface area contributed by atoms with E-state index in [1.54, 1.807) is 41.3 Å². The molecule has 1 fully saturated rings. The maximum absolute atomic E-state index is 13.1. The van der Waals surface area contributed by atoms with Crippen LogP contribution in [-0.4, -0.2) is 50.1 Å². The highest BCUT2D eigenvalue weighted by molar-refractivity contribution is 5.97. The number of anilines is 2. The molecule has 0 bridgehead atoms. The summed E-state index contributed by atoms with van der Waals surface area (Å²) in [6.45, 7) is 2.08. The van der Waals surface area contributed by atoms with Crippen molar-refractivity contribution in [1.82, 2.24) is 4.90 Å². The van der Waals surface area contributed by atoms with Gasteiger partial charge in [-0.3, -0.25) is 4.79 Å². The molecule has 30 heavy (non-hydrogen) atoms. The first-order chi connectivity index (χ1) is 14.5. The fraction of sp³-hybridized carbons (Fsp3) is 0.227. The molecule has 3 rings (SSSR count). The molecular formula is C22H21FN4O3. The van der Waals surface area contributed by atoms with Crippen molar-refractivity contribution in [2.45, 2.75) is 0 Å². The lowest BCUT2D eigenvalue weighted by molar-refractivity contribution is -0.127. The summed E-state index contributed by atoms with van der Waals surface area (Å²) in [5.74, 6) is -1.13. The average Bonchev–Trinajstić information content (AvgIpc) is 2.79. The number of nitrogens with one attached hydrogen (secondary N) is 1. The maximum atomic E-state index is 13.1. The first-order valence-corrected chi connectivity index (χ1v) is 9.37. The van der Waals surface area contributed by atoms with Crippen LogP contribution in [0.15, 0.2) is 60.3 Å². The number of piperazine rings is 1. The molecule has 2 aromatic carbocycles. The molecule has 0 radical (unpaired) electrons. The van der Waals surface area contributed by atoms with Crippen LogP contribution in [0.5, 0.6) is 0 Å². The van der Waals surface area contributed by atoms with Crippen LogP contribution in [0.25, 0.3) is 0 Å². The van der Waals surface area contributed by atoms with Gasteiger partial charge in [0.15, 0.2) is 0 Å². The van der Waals surface area contributed by atoms with E-state index in [1.807, 2.05) is 6.07 Å². The largest absolute Gasteiger partial charge is 0.465 e. The van der Waals surface area contributed by atoms with Crippen LogP contribution in [0.4, 0.5) is 15.8 Å². The Kier molecular flexibility index (Phi) is 6.65. The van der Waals surface area contributed by atoms with Crippen molar-refractivity contribution in [2.75, 3.05) is 43.5 Å². The first-order valence-electron chi connectivity index (χ1n) is 9.37. The molecule has 1 N–H and O–H groups in total. The Morgan fingerprint density at radius 3 is 2.47 bits per heavy atom. The van der Waals surface area contributed by atoms with Crippen LogP contribution in [0, 0.1) is 17.1 Å². The number of halogens is 1. The molecule has 1 aliphatic heterocycles. The van der Waals surface area contributed by atoms with Gasteiger partial charge in [0.25, 0.3) is 5.91 Å². The number of hydrogen-bond acceptors (Lipinski definition) is 6. The third kappa shape index (κ3) is 4.94. The van der Waals surface area contributed by atoms with Gasteiger partial charge in [0.05, 0.1) is 12.7 Å². The Morgan fingerprint density at radius 2 is 1.83 bits per heavy atom. The number of rotatable bonds is 5. The van der Waals surface area contributed by atoms with Crippen LogP contribution in [-0.2, 0) is 9.53 Å². The van der Waals surface area contributed by atoms with Crippen molar-refractivity contribution in [3.05, 3.63) is 71.7 Å². The number of hydrogen-bond donors (Lipinski definition) is 1. The normalized spacial score (nSPS) is 14.1. The third-order valence-electron chi connectivity index (χ3n) is 4.78. The monoisotopic (exact) mass is 408 g/mol. The molecule has 8 heteroatoms. The van der Waals surface area contributed by atoms with Crippen LogP contribution in [0.2, 0.25) is 0 Å². The summed E-state index contributed by atoms with van der Waals surface area (Å²) in [4.78, 5) is 28.0. The average molecular weight is 408 g/mol. The number of ether oxygens (including phenoxy) is 1. The second-order valence-electron chi connectivity index (χ2n) is 6.64. The minimum absolute atomic E-state index is 0.0336. The lowest BCUT2D eigenvalue weighted by Gasteiger charge is -2.36. The van der Waals surface area contributed by atoms with Gasteiger partial charge < -0.3 is 19.9 Å². The predicted octanol–water partition coefficient (Wildman–Crippen LogP) is 2.78. The summed E-state index contributed by atoms with van der Waals surface area (Å²) in [7, 11) is 1.30. The molecule has 1 saturated heterocycles. The van der Waals surface area contributed by atoms with Crippen LogP contribution < -0.4 is 10.2 Å². The topological polar surface area (TPSA) is 85.7 Å². The SMILES string of the molecule is COC(=O)c1cccc(N/C=C(/C#N)C(=O)N2CCN(c3ccc(F)cc3)CC2)c1. The Balaban J connectivity index is 1.62. The molecular weight excluding hydrogens is 387 g/mol. The Hall–Kier alpha value is -3.86. The summed E-state index contributed by atoms with van der Waals surface area (Å²) in [6, 6.07) is 14.7. The molecule has 0 spiro atoms. The third-order valence-corrected chi connectivity index (χ3v) is 4.78. The van der Waals surface area contributed by atoms with E-state index in [1.165, 1.54) is 25.4 Å². The molecule has 1 heterocycles. The molecule has 1 aliphatic rings. The van der Waals surface area contributed by atoms with Gasteiger partial charge in [-0.2, -0.15) is 5.26 Å². The van der Waals surface area contributed by atoms with E-state index in [0.29, 0.717) is 37.4 Å². The predicted molar refractivity (Wildman–Crippen MR) is 110 cm³/mol. The van der Waals surface area contributed by atoms with Crippen molar-refractivity contribution in [3.63, 3.8) is 0 Å². The Morgan fingerprint density at radius 1 is 1.13 bits per heavy atom. The number of methoxy groups -OCH3 is 1. The fourth-order valence-electron chi connectivity index (χ4n) is 3.14. The van der Waals surface area contributed by atoms with Crippen molar-refractivity contribution in [1.29, 1.82) is 5.26 Å². The number of carbonyl (C=O) groups is 2. The van der Waals surface area contributed by atoms with Gasteiger partial charge in [-0.25, -0.2) is 9.18 Å². The van der Waals surface area contributed by atoms with E-state index in [2.05, 4.69) is 15.0 Å². The minimum Gasteiger partial charge on any atom is -0.465 e. The first kappa shape index (κ1) is 20.9. The number of amides is 1. The van der Waals surface area contributed by atoms with E-state index in [9.17, 15) is 19.2 Å². The van der Waals surface area contributed by atoms with Crippen molar-refractivity contribution in [3.8, 4) is 6.07 Å². The number of benzene rings is 2. The zero-order valence-corrected chi connectivity index (χ0v) is 16.5. The van der Waals surface area contributed by atoms with E-state index in [-0.39, 0.29) is 17.3 Å². The fourth-order valence-corrected chi connectivity index (χ4v) is 3.14. The molecule has 0 unspecified atom stereocenters. The molecule has 1 amide bonds. The minimum atomic E-state index is -0.474. The van der Waals surface area contributed by atoms with Gasteiger partial charge >= 0.3 is 5.97 Å². The molecule has 0 saturated carbocycles. The van der Waals surface area contributed by atoms with Crippen LogP contribution in [0.1, 0.15) is 10.4 Å². The summed E-state index contributed by atoms with van der Waals surface area (Å²) >= 11 is 0. The highest BCUT2D eigenvalue weighted by atomic mass is 19.1. The standard InChI is InChI=1S/C22H21FN4O3/c1-30-22(29)16-3-2-4-19(13-16)25-15-17(14-24)21(28)27-11-9-26(10-12-27)20-7-5-18(23)6-8-20/h2-8,13,15,25H,9-12H2,1H3/b17-15-. The van der Waals surface area contributed by atoms with E-state index in [4.69, 9.17) is 0 Å². The molecule has 154 valence electrons. The quantitative estimate of drug-likeness (QED) is 0.465. The van der Waals surface area contributed by atoms with Crippen molar-refractivity contribution >= 4 is 23.3 Å². The molecule has 0 atom stereocenters. The van der Waals surface area contributed by atoms with Crippen molar-refractivity contribution < 1.29 is 18.7 Å². The Bertz CT molecular complexity index is 990. The van der Waals surface area contributed by atoms with E-state index < -0.39 is 5.97 Å². The lowest BCUT2D eigenvalue weighted by Crippen LogP contribution is -2.49. The highest BCUT2D eigenvalue weighted by Gasteiger charge is 2.24. The van der Waals surface area contributed by atoms with Gasteiger partial charge in [0, 0.05) is 43.8 Å². The smallest absolute Gasteiger partial charge is 0.337 e. The lowest BCUT2D eigenvalue weighted by atomic mass is 10.2. The molecule has 0 aromatic heterocycles. The summed E-state index contributed by atoms with van der Waals surface area (Å²) in [6.07, 6.45) is 1.34. The number of esters is 1. The number of carbonyl (C=O) groups excluding carboxylic acids is 2. The zero-order valence-electron chi connectivity index (χ0n) is 16.5. The number of nitriles is 1. The molecule has 7 nitrogen and oxygen atoms in total.